The van der Waals surface area contributed by atoms with E-state index >= 15 is 0 Å². The first-order valence-corrected chi connectivity index (χ1v) is 7.55. The van der Waals surface area contributed by atoms with E-state index in [1.807, 2.05) is 19.9 Å². The number of hydrogen-bond donors (Lipinski definition) is 0. The van der Waals surface area contributed by atoms with Crippen LogP contribution in [0, 0.1) is 27.6 Å². The van der Waals surface area contributed by atoms with Crippen LogP contribution >= 0.6 is 0 Å². The number of carbonyl (C=O) groups is 1. The van der Waals surface area contributed by atoms with E-state index in [0.717, 1.165) is 12.8 Å². The maximum atomic E-state index is 12.2. The summed E-state index contributed by atoms with van der Waals surface area (Å²) in [5.41, 5.74) is 0. The van der Waals surface area contributed by atoms with Crippen LogP contribution < -0.4 is 0 Å². The molecule has 1 aliphatic carbocycles. The summed E-state index contributed by atoms with van der Waals surface area (Å²) >= 11 is 0. The van der Waals surface area contributed by atoms with Crippen LogP contribution in [0.25, 0.3) is 0 Å². The topological polar surface area (TPSA) is 85.2 Å². The van der Waals surface area contributed by atoms with E-state index in [1.165, 1.54) is 0 Å². The lowest BCUT2D eigenvalue weighted by atomic mass is 9.99. The van der Waals surface area contributed by atoms with Gasteiger partial charge in [0.05, 0.1) is 5.92 Å². The highest BCUT2D eigenvalue weighted by molar-refractivity contribution is 5.75. The summed E-state index contributed by atoms with van der Waals surface area (Å²) in [4.78, 5) is 32.9. The van der Waals surface area contributed by atoms with Gasteiger partial charge in [0.15, 0.2) is 0 Å². The zero-order valence-corrected chi connectivity index (χ0v) is 12.9. The number of nitrogens with zero attached hydrogens (tertiary/aromatic N) is 2. The third-order valence-corrected chi connectivity index (χ3v) is 3.96. The summed E-state index contributed by atoms with van der Waals surface area (Å²) in [5, 5.41) is 5.27. The van der Waals surface area contributed by atoms with Gasteiger partial charge in [0.1, 0.15) is 6.10 Å². The molecule has 0 N–H and O–H groups in total. The number of ether oxygens (including phenoxy) is 1. The Hall–Kier alpha value is -1.59. The van der Waals surface area contributed by atoms with Crippen molar-refractivity contribution < 1.29 is 9.53 Å². The van der Waals surface area contributed by atoms with Gasteiger partial charge in [-0.2, -0.15) is 0 Å². The molecule has 118 valence electrons. The molecule has 6 heteroatoms. The van der Waals surface area contributed by atoms with Crippen LogP contribution in [-0.4, -0.2) is 18.2 Å². The van der Waals surface area contributed by atoms with Gasteiger partial charge >= 0.3 is 5.97 Å². The third kappa shape index (κ3) is 5.36. The molecule has 0 saturated carbocycles. The van der Waals surface area contributed by atoms with Gasteiger partial charge in [0.25, 0.3) is 0 Å². The normalized spacial score (nSPS) is 22.5. The van der Waals surface area contributed by atoms with Crippen molar-refractivity contribution in [3.05, 3.63) is 22.0 Å². The maximum absolute atomic E-state index is 12.2. The van der Waals surface area contributed by atoms with Crippen molar-refractivity contribution in [3.63, 3.8) is 0 Å². The molecule has 1 aliphatic rings. The lowest BCUT2D eigenvalue weighted by Gasteiger charge is -2.23. The van der Waals surface area contributed by atoms with Gasteiger partial charge in [-0.25, -0.2) is 0 Å². The molecule has 6 nitrogen and oxygen atoms in total. The van der Waals surface area contributed by atoms with Gasteiger partial charge in [-0.05, 0) is 41.5 Å². The standard InChI is InChI=1S/C15H24N2O4/c1-4-11-5-6-12(9-11)15(18)21-13(10(2)3)7-8-14(16-19)17-20/h5-6,10-14H,4,7-9H2,1-3H3. The number of esters is 1. The Morgan fingerprint density at radius 2 is 1.90 bits per heavy atom. The summed E-state index contributed by atoms with van der Waals surface area (Å²) in [6, 6.07) is 0. The summed E-state index contributed by atoms with van der Waals surface area (Å²) in [6.07, 6.45) is 5.01. The van der Waals surface area contributed by atoms with Crippen molar-refractivity contribution in [2.24, 2.45) is 28.1 Å². The zero-order valence-electron chi connectivity index (χ0n) is 12.9. The Balaban J connectivity index is 2.50. The predicted molar refractivity (Wildman–Crippen MR) is 80.4 cm³/mol. The number of hydrogen-bond acceptors (Lipinski definition) is 6. The van der Waals surface area contributed by atoms with Crippen molar-refractivity contribution in [2.75, 3.05) is 0 Å². The van der Waals surface area contributed by atoms with Crippen LogP contribution in [0.1, 0.15) is 46.5 Å². The minimum Gasteiger partial charge on any atom is -0.462 e. The Morgan fingerprint density at radius 1 is 1.24 bits per heavy atom. The van der Waals surface area contributed by atoms with Gasteiger partial charge in [-0.3, -0.25) is 4.79 Å². The molecular formula is C15H24N2O4. The fourth-order valence-electron chi connectivity index (χ4n) is 2.46. The molecular weight excluding hydrogens is 272 g/mol. The van der Waals surface area contributed by atoms with E-state index in [4.69, 9.17) is 4.74 Å². The van der Waals surface area contributed by atoms with Crippen molar-refractivity contribution in [1.82, 2.24) is 0 Å². The lowest BCUT2D eigenvalue weighted by Crippen LogP contribution is -2.28. The lowest BCUT2D eigenvalue weighted by molar-refractivity contribution is -0.155. The first-order chi connectivity index (χ1) is 10.0. The van der Waals surface area contributed by atoms with Crippen LogP contribution in [0.15, 0.2) is 22.5 Å². The maximum Gasteiger partial charge on any atom is 0.313 e. The van der Waals surface area contributed by atoms with Gasteiger partial charge < -0.3 is 4.74 Å². The fourth-order valence-corrected chi connectivity index (χ4v) is 2.46. The molecule has 0 aromatic carbocycles. The number of allylic oxidation sites excluding steroid dienone is 1. The average molecular weight is 296 g/mol. The minimum atomic E-state index is -1.10. The first kappa shape index (κ1) is 17.5. The van der Waals surface area contributed by atoms with Gasteiger partial charge in [0, 0.05) is 6.42 Å². The van der Waals surface area contributed by atoms with E-state index in [9.17, 15) is 14.6 Å². The summed E-state index contributed by atoms with van der Waals surface area (Å²) in [7, 11) is 0. The van der Waals surface area contributed by atoms with E-state index in [2.05, 4.69) is 23.4 Å². The second kappa shape index (κ2) is 8.64. The molecule has 0 aromatic rings. The van der Waals surface area contributed by atoms with Crippen LogP contribution in [-0.2, 0) is 9.53 Å². The Labute approximate surface area is 125 Å². The van der Waals surface area contributed by atoms with Gasteiger partial charge in [0.2, 0.25) is 6.17 Å². The van der Waals surface area contributed by atoms with Crippen molar-refractivity contribution in [1.29, 1.82) is 0 Å². The van der Waals surface area contributed by atoms with E-state index in [1.54, 1.807) is 0 Å². The van der Waals surface area contributed by atoms with Crippen molar-refractivity contribution in [3.8, 4) is 0 Å². The summed E-state index contributed by atoms with van der Waals surface area (Å²) in [6.45, 7) is 5.97. The summed E-state index contributed by atoms with van der Waals surface area (Å²) < 4.78 is 5.55. The number of rotatable bonds is 9. The largest absolute Gasteiger partial charge is 0.462 e. The molecule has 0 saturated heterocycles. The van der Waals surface area contributed by atoms with Crippen LogP contribution in [0.2, 0.25) is 0 Å². The molecule has 0 amide bonds. The highest BCUT2D eigenvalue weighted by atomic mass is 16.5. The molecule has 1 rings (SSSR count). The zero-order chi connectivity index (χ0) is 15.8. The Morgan fingerprint density at radius 3 is 2.38 bits per heavy atom. The highest BCUT2D eigenvalue weighted by Crippen LogP contribution is 2.28. The molecule has 0 aromatic heterocycles. The summed E-state index contributed by atoms with van der Waals surface area (Å²) in [5.74, 6) is 0.152. The van der Waals surface area contributed by atoms with E-state index < -0.39 is 6.17 Å². The predicted octanol–water partition coefficient (Wildman–Crippen LogP) is 3.80. The molecule has 3 atom stereocenters. The highest BCUT2D eigenvalue weighted by Gasteiger charge is 2.28. The number of carbonyl (C=O) groups excluding carboxylic acids is 1. The SMILES string of the molecule is CCC1C=CC(C(=O)OC(CCC(N=O)N=O)C(C)C)C1. The van der Waals surface area contributed by atoms with Crippen LogP contribution in [0.5, 0.6) is 0 Å². The fraction of sp³-hybridized carbons (Fsp3) is 0.800. The quantitative estimate of drug-likeness (QED) is 0.368. The molecule has 0 radical (unpaired) electrons. The molecule has 0 spiro atoms. The van der Waals surface area contributed by atoms with Crippen molar-refractivity contribution in [2.45, 2.75) is 58.7 Å². The molecule has 0 bridgehead atoms. The second-order valence-electron chi connectivity index (χ2n) is 5.88. The van der Waals surface area contributed by atoms with Gasteiger partial charge in [-0.15, -0.1) is 9.81 Å². The minimum absolute atomic E-state index is 0.111. The van der Waals surface area contributed by atoms with Crippen molar-refractivity contribution >= 4 is 5.97 Å². The molecule has 3 unspecified atom stereocenters. The second-order valence-corrected chi connectivity index (χ2v) is 5.88. The number of nitroso groups, excluding NO2 is 2. The van der Waals surface area contributed by atoms with E-state index in [-0.39, 0.29) is 30.3 Å². The first-order valence-electron chi connectivity index (χ1n) is 7.55. The van der Waals surface area contributed by atoms with E-state index in [0.29, 0.717) is 12.3 Å². The van der Waals surface area contributed by atoms with Gasteiger partial charge in [-0.1, -0.05) is 32.9 Å². The van der Waals surface area contributed by atoms with Crippen LogP contribution in [0.3, 0.4) is 0 Å². The molecule has 0 fully saturated rings. The Kier molecular flexibility index (Phi) is 7.19. The van der Waals surface area contributed by atoms with Crippen LogP contribution in [0.4, 0.5) is 0 Å². The monoisotopic (exact) mass is 296 g/mol. The molecule has 21 heavy (non-hydrogen) atoms. The smallest absolute Gasteiger partial charge is 0.313 e. The third-order valence-electron chi connectivity index (χ3n) is 3.96. The molecule has 0 heterocycles. The molecule has 0 aliphatic heterocycles. The Bertz CT molecular complexity index is 387. The average Bonchev–Trinajstić information content (AvgIpc) is 2.95.